The van der Waals surface area contributed by atoms with E-state index in [1.807, 2.05) is 23.6 Å². The molecule has 1 N–H and O–H groups in total. The fourth-order valence-electron chi connectivity index (χ4n) is 1.88. The van der Waals surface area contributed by atoms with Gasteiger partial charge in [-0.1, -0.05) is 29.8 Å². The highest BCUT2D eigenvalue weighted by Gasteiger charge is 2.07. The number of Topliss-reactive ketones (excluding diaryl/α,β-unsaturated/α-hetero) is 1. The monoisotopic (exact) mass is 347 g/mol. The van der Waals surface area contributed by atoms with Gasteiger partial charge in [-0.2, -0.15) is 0 Å². The number of carbonyl (C=O) groups is 1. The lowest BCUT2D eigenvalue weighted by Crippen LogP contribution is -2.19. The highest BCUT2D eigenvalue weighted by Crippen LogP contribution is 2.15. The molecule has 22 heavy (non-hydrogen) atoms. The number of H-pyrrole nitrogens is 1. The highest BCUT2D eigenvalue weighted by atomic mass is 35.5. The number of aromatic amines is 1. The van der Waals surface area contributed by atoms with Gasteiger partial charge in [-0.3, -0.25) is 9.59 Å². The Morgan fingerprint density at radius 3 is 2.73 bits per heavy atom. The molecule has 0 unspecified atom stereocenters. The summed E-state index contributed by atoms with van der Waals surface area (Å²) in [5.41, 5.74) is 0.221. The Hall–Kier alpha value is -1.95. The van der Waals surface area contributed by atoms with Crippen LogP contribution in [0.2, 0.25) is 5.02 Å². The number of benzene rings is 1. The number of ketones is 1. The standard InChI is InChI=1S/C16H10ClNO2S2/c17-12-6-2-1-5-11(12)13(19)9-15-18-16(20)14(22-15)8-10-4-3-7-21-10/h1-9H,(H,18,20)/b14-8+,15-9+. The van der Waals surface area contributed by atoms with E-state index in [-0.39, 0.29) is 11.3 Å². The third-order valence-electron chi connectivity index (χ3n) is 2.90. The largest absolute Gasteiger partial charge is 0.313 e. The maximum absolute atomic E-state index is 12.2. The van der Waals surface area contributed by atoms with E-state index in [2.05, 4.69) is 4.98 Å². The number of aromatic nitrogens is 1. The first-order valence-corrected chi connectivity index (χ1v) is 8.46. The maximum Gasteiger partial charge on any atom is 0.266 e. The Balaban J connectivity index is 2.02. The minimum absolute atomic E-state index is 0.198. The van der Waals surface area contributed by atoms with Crippen molar-refractivity contribution in [3.05, 3.63) is 76.8 Å². The molecule has 0 saturated carbocycles. The molecule has 0 aliphatic rings. The van der Waals surface area contributed by atoms with E-state index in [4.69, 9.17) is 11.6 Å². The first kappa shape index (κ1) is 15.0. The fraction of sp³-hybridized carbons (Fsp3) is 0. The Morgan fingerprint density at radius 2 is 2.00 bits per heavy atom. The Bertz CT molecular complexity index is 984. The average Bonchev–Trinajstić information content (AvgIpc) is 3.10. The summed E-state index contributed by atoms with van der Waals surface area (Å²) in [4.78, 5) is 27.8. The van der Waals surface area contributed by atoms with Gasteiger partial charge in [0.05, 0.1) is 14.2 Å². The van der Waals surface area contributed by atoms with Crippen LogP contribution in [0.1, 0.15) is 15.2 Å². The third kappa shape index (κ3) is 3.27. The van der Waals surface area contributed by atoms with Crippen molar-refractivity contribution < 1.29 is 4.79 Å². The van der Waals surface area contributed by atoms with Crippen LogP contribution in [0.5, 0.6) is 0 Å². The average molecular weight is 348 g/mol. The van der Waals surface area contributed by atoms with Crippen LogP contribution in [0.25, 0.3) is 12.2 Å². The number of hydrogen-bond acceptors (Lipinski definition) is 4. The lowest BCUT2D eigenvalue weighted by Gasteiger charge is -1.97. The second-order valence-electron chi connectivity index (χ2n) is 4.43. The molecule has 2 heterocycles. The smallest absolute Gasteiger partial charge is 0.266 e. The highest BCUT2D eigenvalue weighted by molar-refractivity contribution is 7.11. The van der Waals surface area contributed by atoms with Crippen LogP contribution in [-0.2, 0) is 0 Å². The van der Waals surface area contributed by atoms with E-state index in [9.17, 15) is 9.59 Å². The molecule has 0 amide bonds. The molecular weight excluding hydrogens is 338 g/mol. The van der Waals surface area contributed by atoms with Gasteiger partial charge in [-0.15, -0.1) is 22.7 Å². The quantitative estimate of drug-likeness (QED) is 0.740. The summed E-state index contributed by atoms with van der Waals surface area (Å²) in [6.07, 6.45) is 3.21. The fourth-order valence-corrected chi connectivity index (χ4v) is 3.72. The van der Waals surface area contributed by atoms with E-state index < -0.39 is 0 Å². The number of carbonyl (C=O) groups excluding carboxylic acids is 1. The summed E-state index contributed by atoms with van der Waals surface area (Å²) in [6, 6.07) is 10.7. The van der Waals surface area contributed by atoms with Crippen LogP contribution in [-0.4, -0.2) is 10.8 Å². The van der Waals surface area contributed by atoms with Crippen molar-refractivity contribution in [3.63, 3.8) is 0 Å². The number of thiophene rings is 1. The number of halogens is 1. The Kier molecular flexibility index (Phi) is 4.38. The molecule has 110 valence electrons. The number of thiazole rings is 1. The molecular formula is C16H10ClNO2S2. The first-order valence-electron chi connectivity index (χ1n) is 6.38. The predicted octanol–water partition coefficient (Wildman–Crippen LogP) is 2.64. The summed E-state index contributed by atoms with van der Waals surface area (Å²) in [7, 11) is 0. The predicted molar refractivity (Wildman–Crippen MR) is 92.3 cm³/mol. The third-order valence-corrected chi connectivity index (χ3v) is 5.01. The Labute approximate surface area is 138 Å². The summed E-state index contributed by atoms with van der Waals surface area (Å²) >= 11 is 8.80. The summed E-state index contributed by atoms with van der Waals surface area (Å²) < 4.78 is 1.08. The van der Waals surface area contributed by atoms with Gasteiger partial charge < -0.3 is 4.98 Å². The molecule has 3 aromatic rings. The molecule has 0 aliphatic heterocycles. The summed E-state index contributed by atoms with van der Waals surface area (Å²) in [6.45, 7) is 0. The molecule has 1 aromatic carbocycles. The molecule has 0 bridgehead atoms. The molecule has 0 atom stereocenters. The second kappa shape index (κ2) is 6.44. The molecule has 0 fully saturated rings. The van der Waals surface area contributed by atoms with E-state index in [1.54, 1.807) is 35.6 Å². The van der Waals surface area contributed by atoms with Gasteiger partial charge in [0.2, 0.25) is 0 Å². The van der Waals surface area contributed by atoms with Crippen LogP contribution in [0.3, 0.4) is 0 Å². The van der Waals surface area contributed by atoms with Gasteiger partial charge in [0.15, 0.2) is 5.78 Å². The molecule has 6 heteroatoms. The van der Waals surface area contributed by atoms with Crippen molar-refractivity contribution in [1.29, 1.82) is 0 Å². The zero-order valence-corrected chi connectivity index (χ0v) is 13.6. The zero-order valence-electron chi connectivity index (χ0n) is 11.2. The second-order valence-corrected chi connectivity index (χ2v) is 6.90. The normalized spacial score (nSPS) is 12.8. The zero-order chi connectivity index (χ0) is 15.5. The topological polar surface area (TPSA) is 49.9 Å². The molecule has 0 aliphatic carbocycles. The van der Waals surface area contributed by atoms with Gasteiger partial charge in [-0.05, 0) is 29.7 Å². The van der Waals surface area contributed by atoms with Crippen molar-refractivity contribution in [3.8, 4) is 0 Å². The number of hydrogen-bond donors (Lipinski definition) is 1. The minimum Gasteiger partial charge on any atom is -0.313 e. The van der Waals surface area contributed by atoms with E-state index >= 15 is 0 Å². The SMILES string of the molecule is O=C(/C=c1\[nH]c(=O)/c(=C\c2cccs2)s1)c1ccccc1Cl. The van der Waals surface area contributed by atoms with E-state index in [1.165, 1.54) is 17.4 Å². The summed E-state index contributed by atoms with van der Waals surface area (Å²) in [5.74, 6) is -0.231. The summed E-state index contributed by atoms with van der Waals surface area (Å²) in [5, 5.41) is 2.34. The number of nitrogens with one attached hydrogen (secondary N) is 1. The van der Waals surface area contributed by atoms with Crippen LogP contribution < -0.4 is 14.8 Å². The lowest BCUT2D eigenvalue weighted by molar-refractivity contribution is 0.106. The lowest BCUT2D eigenvalue weighted by atomic mass is 10.1. The molecule has 2 aromatic heterocycles. The van der Waals surface area contributed by atoms with Crippen LogP contribution in [0.15, 0.2) is 46.6 Å². The van der Waals surface area contributed by atoms with Crippen molar-refractivity contribution in [2.75, 3.05) is 0 Å². The molecule has 0 saturated heterocycles. The van der Waals surface area contributed by atoms with Crippen molar-refractivity contribution in [2.24, 2.45) is 0 Å². The van der Waals surface area contributed by atoms with Crippen LogP contribution in [0.4, 0.5) is 0 Å². The Morgan fingerprint density at radius 1 is 1.18 bits per heavy atom. The van der Waals surface area contributed by atoms with Gasteiger partial charge in [0.25, 0.3) is 5.56 Å². The van der Waals surface area contributed by atoms with Gasteiger partial charge >= 0.3 is 0 Å². The van der Waals surface area contributed by atoms with E-state index in [0.29, 0.717) is 19.8 Å². The molecule has 0 radical (unpaired) electrons. The van der Waals surface area contributed by atoms with Crippen LogP contribution >= 0.6 is 34.3 Å². The van der Waals surface area contributed by atoms with Gasteiger partial charge in [0.1, 0.15) is 0 Å². The molecule has 3 nitrogen and oxygen atoms in total. The van der Waals surface area contributed by atoms with Crippen LogP contribution in [0, 0.1) is 0 Å². The van der Waals surface area contributed by atoms with Gasteiger partial charge in [0, 0.05) is 16.5 Å². The van der Waals surface area contributed by atoms with E-state index in [0.717, 1.165) is 4.88 Å². The van der Waals surface area contributed by atoms with Crippen molar-refractivity contribution in [1.82, 2.24) is 4.98 Å². The maximum atomic E-state index is 12.2. The van der Waals surface area contributed by atoms with Crippen molar-refractivity contribution in [2.45, 2.75) is 0 Å². The molecule has 3 rings (SSSR count). The first-order chi connectivity index (χ1) is 10.6. The van der Waals surface area contributed by atoms with Crippen molar-refractivity contribution >= 4 is 52.2 Å². The number of rotatable bonds is 3. The van der Waals surface area contributed by atoms with Gasteiger partial charge in [-0.25, -0.2) is 0 Å². The minimum atomic E-state index is -0.231. The molecule has 0 spiro atoms.